The molecule has 0 spiro atoms. The summed E-state index contributed by atoms with van der Waals surface area (Å²) in [7, 11) is 0. The van der Waals surface area contributed by atoms with E-state index in [1.807, 2.05) is 30.3 Å². The number of nitrogens with one attached hydrogen (secondary N) is 1. The van der Waals surface area contributed by atoms with Gasteiger partial charge in [-0.15, -0.1) is 12.4 Å². The van der Waals surface area contributed by atoms with Gasteiger partial charge in [0, 0.05) is 12.6 Å². The van der Waals surface area contributed by atoms with Gasteiger partial charge in [0.1, 0.15) is 0 Å². The Kier molecular flexibility index (Phi) is 4.97. The summed E-state index contributed by atoms with van der Waals surface area (Å²) in [6.45, 7) is 2.50. The summed E-state index contributed by atoms with van der Waals surface area (Å²) in [6.07, 6.45) is 1.10. The Morgan fingerprint density at radius 1 is 1.47 bits per heavy atom. The van der Waals surface area contributed by atoms with Crippen molar-refractivity contribution in [2.24, 2.45) is 11.7 Å². The number of carbonyl (C=O) groups is 1. The first-order valence-corrected chi connectivity index (χ1v) is 5.77. The molecule has 1 aromatic carbocycles. The maximum Gasteiger partial charge on any atom is 0.229 e. The maximum absolute atomic E-state index is 12.0. The third-order valence-electron chi connectivity index (χ3n) is 3.19. The van der Waals surface area contributed by atoms with Crippen molar-refractivity contribution >= 4 is 18.3 Å². The predicted molar refractivity (Wildman–Crippen MR) is 71.2 cm³/mol. The van der Waals surface area contributed by atoms with E-state index < -0.39 is 0 Å². The molecule has 3 atom stereocenters. The number of halogens is 1. The van der Waals surface area contributed by atoms with E-state index in [1.54, 1.807) is 0 Å². The summed E-state index contributed by atoms with van der Waals surface area (Å²) in [6, 6.07) is 10.1. The lowest BCUT2D eigenvalue weighted by Crippen LogP contribution is -2.35. The van der Waals surface area contributed by atoms with Crippen LogP contribution in [-0.4, -0.2) is 18.5 Å². The molecule has 1 amide bonds. The van der Waals surface area contributed by atoms with Crippen molar-refractivity contribution in [3.63, 3.8) is 0 Å². The second-order valence-corrected chi connectivity index (χ2v) is 4.53. The van der Waals surface area contributed by atoms with Gasteiger partial charge in [0.25, 0.3) is 0 Å². The van der Waals surface area contributed by atoms with Crippen LogP contribution < -0.4 is 11.1 Å². The molecule has 1 aromatic rings. The third-order valence-corrected chi connectivity index (χ3v) is 3.19. The highest BCUT2D eigenvalue weighted by atomic mass is 35.5. The molecule has 1 aliphatic carbocycles. The number of benzene rings is 1. The Morgan fingerprint density at radius 3 is 2.53 bits per heavy atom. The van der Waals surface area contributed by atoms with Crippen molar-refractivity contribution in [1.82, 2.24) is 5.32 Å². The molecular formula is C13H19ClN2O. The zero-order valence-corrected chi connectivity index (χ0v) is 10.7. The van der Waals surface area contributed by atoms with E-state index in [9.17, 15) is 4.79 Å². The van der Waals surface area contributed by atoms with E-state index in [0.717, 1.165) is 12.0 Å². The Hall–Kier alpha value is -1.06. The van der Waals surface area contributed by atoms with Gasteiger partial charge in [-0.25, -0.2) is 0 Å². The first-order chi connectivity index (χ1) is 7.72. The summed E-state index contributed by atoms with van der Waals surface area (Å²) >= 11 is 0. The van der Waals surface area contributed by atoms with Crippen LogP contribution in [0.25, 0.3) is 0 Å². The largest absolute Gasteiger partial charge is 0.353 e. The van der Waals surface area contributed by atoms with Crippen molar-refractivity contribution in [3.05, 3.63) is 35.9 Å². The molecule has 0 aliphatic heterocycles. The highest BCUT2D eigenvalue weighted by Crippen LogP contribution is 2.29. The van der Waals surface area contributed by atoms with Crippen molar-refractivity contribution in [2.45, 2.75) is 25.3 Å². The molecule has 1 fully saturated rings. The fourth-order valence-corrected chi connectivity index (χ4v) is 1.89. The third kappa shape index (κ3) is 3.45. The first kappa shape index (κ1) is 14.0. The van der Waals surface area contributed by atoms with Gasteiger partial charge in [-0.05, 0) is 17.9 Å². The van der Waals surface area contributed by atoms with Gasteiger partial charge in [0.2, 0.25) is 5.91 Å². The second kappa shape index (κ2) is 6.03. The molecule has 0 saturated heterocycles. The molecule has 1 aliphatic rings. The van der Waals surface area contributed by atoms with Gasteiger partial charge in [-0.1, -0.05) is 37.3 Å². The minimum atomic E-state index is -0.214. The maximum atomic E-state index is 12.0. The predicted octanol–water partition coefficient (Wildman–Crippen LogP) is 1.68. The van der Waals surface area contributed by atoms with Crippen molar-refractivity contribution in [2.75, 3.05) is 6.54 Å². The molecule has 0 radical (unpaired) electrons. The van der Waals surface area contributed by atoms with Gasteiger partial charge in [-0.3, -0.25) is 4.79 Å². The fraction of sp³-hybridized carbons (Fsp3) is 0.462. The minimum Gasteiger partial charge on any atom is -0.353 e. The van der Waals surface area contributed by atoms with Gasteiger partial charge in [0.05, 0.1) is 5.92 Å². The molecule has 17 heavy (non-hydrogen) atoms. The van der Waals surface area contributed by atoms with E-state index in [4.69, 9.17) is 5.73 Å². The number of hydrogen-bond donors (Lipinski definition) is 2. The van der Waals surface area contributed by atoms with Gasteiger partial charge >= 0.3 is 0 Å². The summed E-state index contributed by atoms with van der Waals surface area (Å²) in [5.41, 5.74) is 6.67. The van der Waals surface area contributed by atoms with Crippen LogP contribution in [0.15, 0.2) is 30.3 Å². The number of carbonyl (C=O) groups excluding carboxylic acids is 1. The second-order valence-electron chi connectivity index (χ2n) is 4.53. The molecule has 94 valence electrons. The quantitative estimate of drug-likeness (QED) is 0.859. The Morgan fingerprint density at radius 2 is 2.06 bits per heavy atom. The van der Waals surface area contributed by atoms with Crippen molar-refractivity contribution in [1.29, 1.82) is 0 Å². The van der Waals surface area contributed by atoms with E-state index in [-0.39, 0.29) is 24.2 Å². The highest BCUT2D eigenvalue weighted by Gasteiger charge is 2.35. The Bertz CT molecular complexity index is 369. The molecule has 0 aromatic heterocycles. The fourth-order valence-electron chi connectivity index (χ4n) is 1.89. The van der Waals surface area contributed by atoms with Crippen molar-refractivity contribution < 1.29 is 4.79 Å². The number of hydrogen-bond acceptors (Lipinski definition) is 2. The van der Waals surface area contributed by atoms with Crippen LogP contribution in [0.1, 0.15) is 24.8 Å². The van der Waals surface area contributed by atoms with Crippen LogP contribution >= 0.6 is 12.4 Å². The van der Waals surface area contributed by atoms with Gasteiger partial charge in [-0.2, -0.15) is 0 Å². The summed E-state index contributed by atoms with van der Waals surface area (Å²) < 4.78 is 0. The summed E-state index contributed by atoms with van der Waals surface area (Å²) in [4.78, 5) is 12.0. The lowest BCUT2D eigenvalue weighted by atomic mass is 9.98. The van der Waals surface area contributed by atoms with Crippen LogP contribution in [-0.2, 0) is 4.79 Å². The molecule has 0 bridgehead atoms. The Balaban J connectivity index is 0.00000144. The average Bonchev–Trinajstić information content (AvgIpc) is 2.96. The molecule has 3 nitrogen and oxygen atoms in total. The number of amides is 1. The van der Waals surface area contributed by atoms with E-state index in [2.05, 4.69) is 12.2 Å². The van der Waals surface area contributed by atoms with Gasteiger partial charge < -0.3 is 11.1 Å². The van der Waals surface area contributed by atoms with E-state index in [0.29, 0.717) is 18.5 Å². The molecule has 0 heterocycles. The molecule has 1 saturated carbocycles. The molecule has 4 heteroatoms. The summed E-state index contributed by atoms with van der Waals surface area (Å²) in [5.74, 6) is 0.468. The van der Waals surface area contributed by atoms with Crippen LogP contribution in [0.5, 0.6) is 0 Å². The summed E-state index contributed by atoms with van der Waals surface area (Å²) in [5, 5.41) is 3.03. The molecule has 2 rings (SSSR count). The molecule has 3 N–H and O–H groups in total. The number of rotatable bonds is 4. The van der Waals surface area contributed by atoms with Crippen LogP contribution in [0.3, 0.4) is 0 Å². The van der Waals surface area contributed by atoms with Crippen molar-refractivity contribution in [3.8, 4) is 0 Å². The first-order valence-electron chi connectivity index (χ1n) is 5.77. The highest BCUT2D eigenvalue weighted by molar-refractivity contribution is 5.85. The standard InChI is InChI=1S/C13H18N2O.ClH/c1-9-7-12(9)15-13(16)11(8-14)10-5-3-2-4-6-10;/h2-6,9,11-12H,7-8,14H2,1H3,(H,15,16);1H. The zero-order valence-electron chi connectivity index (χ0n) is 9.93. The molecule has 3 unspecified atom stereocenters. The van der Waals surface area contributed by atoms with Gasteiger partial charge in [0.15, 0.2) is 0 Å². The smallest absolute Gasteiger partial charge is 0.229 e. The average molecular weight is 255 g/mol. The lowest BCUT2D eigenvalue weighted by Gasteiger charge is -2.15. The molecular weight excluding hydrogens is 236 g/mol. The van der Waals surface area contributed by atoms with E-state index >= 15 is 0 Å². The van der Waals surface area contributed by atoms with Crippen LogP contribution in [0, 0.1) is 5.92 Å². The zero-order chi connectivity index (χ0) is 11.5. The van der Waals surface area contributed by atoms with E-state index in [1.165, 1.54) is 0 Å². The number of nitrogens with two attached hydrogens (primary N) is 1. The Labute approximate surface area is 108 Å². The lowest BCUT2D eigenvalue weighted by molar-refractivity contribution is -0.122. The van der Waals surface area contributed by atoms with Crippen LogP contribution in [0.4, 0.5) is 0 Å². The SMILES string of the molecule is CC1CC1NC(=O)C(CN)c1ccccc1.Cl. The topological polar surface area (TPSA) is 55.1 Å². The van der Waals surface area contributed by atoms with Crippen LogP contribution in [0.2, 0.25) is 0 Å². The normalized spacial score (nSPS) is 23.4. The minimum absolute atomic E-state index is 0. The monoisotopic (exact) mass is 254 g/mol.